The van der Waals surface area contributed by atoms with Crippen LogP contribution in [0.25, 0.3) is 0 Å². The monoisotopic (exact) mass is 330 g/mol. The number of aliphatic hydroxyl groups is 1. The van der Waals surface area contributed by atoms with E-state index in [-0.39, 0.29) is 6.61 Å². The molecule has 7 nitrogen and oxygen atoms in total. The maximum absolute atomic E-state index is 8.94. The van der Waals surface area contributed by atoms with Crippen LogP contribution in [0.2, 0.25) is 0 Å². The quantitative estimate of drug-likeness (QED) is 0.469. The van der Waals surface area contributed by atoms with Crippen molar-refractivity contribution >= 4 is 17.8 Å². The summed E-state index contributed by atoms with van der Waals surface area (Å²) in [5.74, 6) is 1.53. The van der Waals surface area contributed by atoms with Crippen LogP contribution in [0.3, 0.4) is 0 Å². The topological polar surface area (TPSA) is 95.0 Å². The van der Waals surface area contributed by atoms with E-state index in [1.165, 1.54) is 5.56 Å². The van der Waals surface area contributed by atoms with Gasteiger partial charge in [-0.3, -0.25) is 0 Å². The molecule has 0 saturated carbocycles. The molecule has 1 aromatic heterocycles. The Kier molecular flexibility index (Phi) is 7.76. The summed E-state index contributed by atoms with van der Waals surface area (Å²) in [5.41, 5.74) is 1.26. The highest BCUT2D eigenvalue weighted by Gasteiger charge is 2.06. The van der Waals surface area contributed by atoms with Gasteiger partial charge in [-0.05, 0) is 18.4 Å². The second kappa shape index (κ2) is 10.4. The van der Waals surface area contributed by atoms with Gasteiger partial charge in [0.15, 0.2) is 0 Å². The van der Waals surface area contributed by atoms with Crippen molar-refractivity contribution in [3.63, 3.8) is 0 Å². The highest BCUT2D eigenvalue weighted by molar-refractivity contribution is 5.42. The predicted molar refractivity (Wildman–Crippen MR) is 97.4 cm³/mol. The summed E-state index contributed by atoms with van der Waals surface area (Å²) in [7, 11) is 0. The minimum atomic E-state index is 0.0288. The van der Waals surface area contributed by atoms with Crippen molar-refractivity contribution in [2.75, 3.05) is 42.2 Å². The second-order valence-corrected chi connectivity index (χ2v) is 5.40. The summed E-state index contributed by atoms with van der Waals surface area (Å²) < 4.78 is 0. The molecule has 130 valence electrons. The molecule has 24 heavy (non-hydrogen) atoms. The van der Waals surface area contributed by atoms with Crippen molar-refractivity contribution < 1.29 is 5.11 Å². The van der Waals surface area contributed by atoms with Gasteiger partial charge in [0.1, 0.15) is 0 Å². The Balaban J connectivity index is 1.96. The van der Waals surface area contributed by atoms with Crippen LogP contribution in [0.5, 0.6) is 0 Å². The number of anilines is 3. The van der Waals surface area contributed by atoms with E-state index in [1.807, 2.05) is 18.2 Å². The molecule has 4 N–H and O–H groups in total. The van der Waals surface area contributed by atoms with E-state index in [0.29, 0.717) is 24.4 Å². The number of aliphatic hydroxyl groups excluding tert-OH is 1. The molecular weight excluding hydrogens is 304 g/mol. The van der Waals surface area contributed by atoms with E-state index in [4.69, 9.17) is 5.11 Å². The molecule has 0 saturated heterocycles. The Bertz CT molecular complexity index is 593. The molecule has 0 aliphatic carbocycles. The van der Waals surface area contributed by atoms with Crippen LogP contribution >= 0.6 is 0 Å². The van der Waals surface area contributed by atoms with Crippen LogP contribution in [0.4, 0.5) is 17.8 Å². The van der Waals surface area contributed by atoms with Crippen molar-refractivity contribution in [3.05, 3.63) is 35.9 Å². The standard InChI is InChI=1S/C17H26N6O/c1-2-3-10-18-15-21-16(23-17(22-15)20-12-13-24)19-11-9-14-7-5-4-6-8-14/h4-8,24H,2-3,9-13H2,1H3,(H3,18,19,20,21,22,23). The first-order valence-corrected chi connectivity index (χ1v) is 8.44. The molecular formula is C17H26N6O. The van der Waals surface area contributed by atoms with Crippen molar-refractivity contribution in [2.45, 2.75) is 26.2 Å². The minimum absolute atomic E-state index is 0.0288. The fraction of sp³-hybridized carbons (Fsp3) is 0.471. The molecule has 0 atom stereocenters. The molecule has 1 aromatic carbocycles. The number of nitrogens with one attached hydrogen (secondary N) is 3. The van der Waals surface area contributed by atoms with Gasteiger partial charge in [0.05, 0.1) is 6.61 Å². The molecule has 0 amide bonds. The molecule has 0 fully saturated rings. The average molecular weight is 330 g/mol. The Morgan fingerprint density at radius 3 is 2.00 bits per heavy atom. The first-order valence-electron chi connectivity index (χ1n) is 8.44. The van der Waals surface area contributed by atoms with E-state index in [1.54, 1.807) is 0 Å². The van der Waals surface area contributed by atoms with E-state index in [0.717, 1.165) is 32.4 Å². The lowest BCUT2D eigenvalue weighted by Gasteiger charge is -2.11. The van der Waals surface area contributed by atoms with Gasteiger partial charge in [-0.2, -0.15) is 15.0 Å². The number of unbranched alkanes of at least 4 members (excludes halogenated alkanes) is 1. The Morgan fingerprint density at radius 2 is 1.42 bits per heavy atom. The first-order chi connectivity index (χ1) is 11.8. The van der Waals surface area contributed by atoms with Gasteiger partial charge in [0.25, 0.3) is 0 Å². The molecule has 0 unspecified atom stereocenters. The smallest absolute Gasteiger partial charge is 0.229 e. The lowest BCUT2D eigenvalue weighted by molar-refractivity contribution is 0.311. The largest absolute Gasteiger partial charge is 0.395 e. The van der Waals surface area contributed by atoms with E-state index < -0.39 is 0 Å². The molecule has 2 aromatic rings. The molecule has 0 spiro atoms. The van der Waals surface area contributed by atoms with E-state index in [9.17, 15) is 0 Å². The summed E-state index contributed by atoms with van der Waals surface area (Å²) in [6, 6.07) is 10.3. The van der Waals surface area contributed by atoms with Gasteiger partial charge in [-0.15, -0.1) is 0 Å². The van der Waals surface area contributed by atoms with Crippen LogP contribution in [0.15, 0.2) is 30.3 Å². The van der Waals surface area contributed by atoms with Crippen LogP contribution in [0.1, 0.15) is 25.3 Å². The molecule has 0 aliphatic rings. The lowest BCUT2D eigenvalue weighted by atomic mass is 10.1. The van der Waals surface area contributed by atoms with Crippen molar-refractivity contribution in [3.8, 4) is 0 Å². The second-order valence-electron chi connectivity index (χ2n) is 5.40. The normalized spacial score (nSPS) is 10.4. The first kappa shape index (κ1) is 17.9. The summed E-state index contributed by atoms with van der Waals surface area (Å²) in [5, 5.41) is 18.4. The van der Waals surface area contributed by atoms with Gasteiger partial charge in [-0.25, -0.2) is 0 Å². The molecule has 0 aliphatic heterocycles. The maximum atomic E-state index is 8.94. The molecule has 2 rings (SSSR count). The highest BCUT2D eigenvalue weighted by Crippen LogP contribution is 2.10. The van der Waals surface area contributed by atoms with Gasteiger partial charge in [0, 0.05) is 19.6 Å². The Hall–Kier alpha value is -2.41. The zero-order valence-electron chi connectivity index (χ0n) is 14.1. The van der Waals surface area contributed by atoms with E-state index in [2.05, 4.69) is 50.0 Å². The SMILES string of the molecule is CCCCNc1nc(NCCO)nc(NCCc2ccccc2)n1. The van der Waals surface area contributed by atoms with Crippen molar-refractivity contribution in [2.24, 2.45) is 0 Å². The summed E-state index contributed by atoms with van der Waals surface area (Å²) in [6.45, 7) is 4.13. The van der Waals surface area contributed by atoms with Crippen molar-refractivity contribution in [1.82, 2.24) is 15.0 Å². The molecule has 0 radical (unpaired) electrons. The van der Waals surface area contributed by atoms with Gasteiger partial charge in [0.2, 0.25) is 17.8 Å². The summed E-state index contributed by atoms with van der Waals surface area (Å²) in [6.07, 6.45) is 3.06. The van der Waals surface area contributed by atoms with Crippen LogP contribution in [-0.4, -0.2) is 46.3 Å². The summed E-state index contributed by atoms with van der Waals surface area (Å²) >= 11 is 0. The van der Waals surface area contributed by atoms with Crippen LogP contribution < -0.4 is 16.0 Å². The van der Waals surface area contributed by atoms with Gasteiger partial charge in [-0.1, -0.05) is 43.7 Å². The van der Waals surface area contributed by atoms with Crippen molar-refractivity contribution in [1.29, 1.82) is 0 Å². The minimum Gasteiger partial charge on any atom is -0.395 e. The third kappa shape index (κ3) is 6.37. The fourth-order valence-electron chi connectivity index (χ4n) is 2.12. The highest BCUT2D eigenvalue weighted by atomic mass is 16.3. The number of aromatic nitrogens is 3. The third-order valence-corrected chi connectivity index (χ3v) is 3.38. The molecule has 0 bridgehead atoms. The molecule has 1 heterocycles. The molecule has 7 heteroatoms. The van der Waals surface area contributed by atoms with Crippen LogP contribution in [0, 0.1) is 0 Å². The lowest BCUT2D eigenvalue weighted by Crippen LogP contribution is -2.15. The van der Waals surface area contributed by atoms with Crippen LogP contribution in [-0.2, 0) is 6.42 Å². The number of nitrogens with zero attached hydrogens (tertiary/aromatic N) is 3. The zero-order valence-corrected chi connectivity index (χ0v) is 14.1. The Labute approximate surface area is 143 Å². The number of hydrogen-bond acceptors (Lipinski definition) is 7. The number of rotatable bonds is 11. The maximum Gasteiger partial charge on any atom is 0.229 e. The van der Waals surface area contributed by atoms with Gasteiger partial charge >= 0.3 is 0 Å². The Morgan fingerprint density at radius 1 is 0.833 bits per heavy atom. The fourth-order valence-corrected chi connectivity index (χ4v) is 2.12. The summed E-state index contributed by atoms with van der Waals surface area (Å²) in [4.78, 5) is 13.0. The predicted octanol–water partition coefficient (Wildman–Crippen LogP) is 2.14. The third-order valence-electron chi connectivity index (χ3n) is 3.38. The number of benzene rings is 1. The zero-order chi connectivity index (χ0) is 17.0. The van der Waals surface area contributed by atoms with E-state index >= 15 is 0 Å². The number of hydrogen-bond donors (Lipinski definition) is 4. The van der Waals surface area contributed by atoms with Gasteiger partial charge < -0.3 is 21.1 Å². The average Bonchev–Trinajstić information content (AvgIpc) is 2.61.